The van der Waals surface area contributed by atoms with Gasteiger partial charge in [-0.25, -0.2) is 9.97 Å². The van der Waals surface area contributed by atoms with E-state index in [1.54, 1.807) is 22.7 Å². The van der Waals surface area contributed by atoms with Crippen molar-refractivity contribution in [2.45, 2.75) is 39.5 Å². The fourth-order valence-electron chi connectivity index (χ4n) is 2.33. The van der Waals surface area contributed by atoms with E-state index in [4.69, 9.17) is 4.74 Å². The Morgan fingerprint density at radius 3 is 2.45 bits per heavy atom. The summed E-state index contributed by atoms with van der Waals surface area (Å²) in [6.07, 6.45) is 8.74. The zero-order valence-corrected chi connectivity index (χ0v) is 14.6. The molecule has 0 N–H and O–H groups in total. The first-order valence-corrected chi connectivity index (χ1v) is 9.41. The number of hydrogen-bond acceptors (Lipinski definition) is 5. The molecule has 0 aromatic carbocycles. The van der Waals surface area contributed by atoms with Crippen molar-refractivity contribution < 1.29 is 4.74 Å². The molecule has 0 amide bonds. The van der Waals surface area contributed by atoms with Gasteiger partial charge < -0.3 is 4.74 Å². The van der Waals surface area contributed by atoms with Crippen molar-refractivity contribution in [3.63, 3.8) is 0 Å². The topological polar surface area (TPSA) is 35.0 Å². The summed E-state index contributed by atoms with van der Waals surface area (Å²) < 4.78 is 8.05. The molecule has 5 heteroatoms. The molecule has 0 fully saturated rings. The third-order valence-corrected chi connectivity index (χ3v) is 5.67. The number of aryl methyl sites for hydroxylation is 1. The molecule has 0 spiro atoms. The Kier molecular flexibility index (Phi) is 5.05. The van der Waals surface area contributed by atoms with E-state index in [0.717, 1.165) is 22.2 Å². The molecule has 0 aliphatic heterocycles. The van der Waals surface area contributed by atoms with Crippen molar-refractivity contribution >= 4 is 32.1 Å². The highest BCUT2D eigenvalue weighted by Gasteiger charge is 2.10. The Labute approximate surface area is 139 Å². The summed E-state index contributed by atoms with van der Waals surface area (Å²) >= 11 is 3.42. The van der Waals surface area contributed by atoms with Gasteiger partial charge in [0, 0.05) is 27.9 Å². The summed E-state index contributed by atoms with van der Waals surface area (Å²) in [5, 5.41) is 0.988. The second-order valence-corrected chi connectivity index (χ2v) is 7.34. The minimum atomic E-state index is 0.712. The fourth-order valence-corrected chi connectivity index (χ4v) is 4.57. The molecule has 116 valence electrons. The number of thiophene rings is 2. The Hall–Kier alpha value is -1.46. The molecule has 0 aliphatic carbocycles. The highest BCUT2D eigenvalue weighted by atomic mass is 32.1. The van der Waals surface area contributed by atoms with Gasteiger partial charge >= 0.3 is 0 Å². The largest absolute Gasteiger partial charge is 0.484 e. The summed E-state index contributed by atoms with van der Waals surface area (Å²) in [7, 11) is 0. The first-order chi connectivity index (χ1) is 10.8. The van der Waals surface area contributed by atoms with E-state index in [2.05, 4.69) is 29.0 Å². The Morgan fingerprint density at radius 2 is 1.77 bits per heavy atom. The number of unbranched alkanes of at least 4 members (excludes halogenated alkanes) is 2. The smallest absolute Gasteiger partial charge is 0.175 e. The molecule has 0 saturated heterocycles. The van der Waals surface area contributed by atoms with E-state index in [1.165, 1.54) is 34.2 Å². The number of nitrogens with zero attached hydrogens (tertiary/aromatic N) is 2. The van der Waals surface area contributed by atoms with Gasteiger partial charge in [-0.1, -0.05) is 31.1 Å². The van der Waals surface area contributed by atoms with Crippen molar-refractivity contribution in [1.29, 1.82) is 0 Å². The highest BCUT2D eigenvalue weighted by molar-refractivity contribution is 7.30. The average molecular weight is 332 g/mol. The van der Waals surface area contributed by atoms with Crippen molar-refractivity contribution in [2.75, 3.05) is 6.61 Å². The van der Waals surface area contributed by atoms with Crippen LogP contribution in [0.5, 0.6) is 5.06 Å². The molecule has 3 nitrogen and oxygen atoms in total. The number of fused-ring (bicyclic) bond motifs is 1. The van der Waals surface area contributed by atoms with Crippen LogP contribution in [-0.4, -0.2) is 16.6 Å². The van der Waals surface area contributed by atoms with E-state index in [0.29, 0.717) is 6.61 Å². The van der Waals surface area contributed by atoms with Crippen LogP contribution < -0.4 is 4.74 Å². The molecular weight excluding hydrogens is 312 g/mol. The van der Waals surface area contributed by atoms with Gasteiger partial charge in [-0.3, -0.25) is 0 Å². The zero-order valence-electron chi connectivity index (χ0n) is 13.0. The first-order valence-electron chi connectivity index (χ1n) is 7.77. The van der Waals surface area contributed by atoms with E-state index < -0.39 is 0 Å². The van der Waals surface area contributed by atoms with Crippen molar-refractivity contribution in [3.05, 3.63) is 30.1 Å². The van der Waals surface area contributed by atoms with Crippen molar-refractivity contribution in [2.24, 2.45) is 0 Å². The molecule has 3 heterocycles. The summed E-state index contributed by atoms with van der Waals surface area (Å²) in [5.74, 6) is 0.825. The molecule has 3 aromatic heterocycles. The van der Waals surface area contributed by atoms with Crippen LogP contribution in [0.2, 0.25) is 0 Å². The lowest BCUT2D eigenvalue weighted by Crippen LogP contribution is -1.91. The quantitative estimate of drug-likeness (QED) is 0.532. The predicted molar refractivity (Wildman–Crippen MR) is 95.1 cm³/mol. The maximum Gasteiger partial charge on any atom is 0.175 e. The van der Waals surface area contributed by atoms with Gasteiger partial charge in [0.05, 0.1) is 11.5 Å². The molecule has 0 radical (unpaired) electrons. The summed E-state index contributed by atoms with van der Waals surface area (Å²) in [5.41, 5.74) is 1.23. The maximum absolute atomic E-state index is 5.55. The molecule has 3 aromatic rings. The third-order valence-electron chi connectivity index (χ3n) is 3.47. The second kappa shape index (κ2) is 7.20. The van der Waals surface area contributed by atoms with Gasteiger partial charge in [-0.05, 0) is 31.4 Å². The lowest BCUT2D eigenvalue weighted by atomic mass is 10.1. The number of ether oxygens (including phenoxy) is 1. The predicted octanol–water partition coefficient (Wildman–Crippen LogP) is 5.55. The van der Waals surface area contributed by atoms with Gasteiger partial charge in [0.1, 0.15) is 0 Å². The van der Waals surface area contributed by atoms with Crippen LogP contribution >= 0.6 is 22.7 Å². The molecule has 0 aliphatic rings. The van der Waals surface area contributed by atoms with Crippen LogP contribution in [0.3, 0.4) is 0 Å². The first kappa shape index (κ1) is 15.4. The maximum atomic E-state index is 5.55. The summed E-state index contributed by atoms with van der Waals surface area (Å²) in [4.78, 5) is 10.2. The van der Waals surface area contributed by atoms with Crippen LogP contribution in [0.15, 0.2) is 24.5 Å². The Morgan fingerprint density at radius 1 is 1.00 bits per heavy atom. The normalized spacial score (nSPS) is 11.2. The molecule has 3 rings (SSSR count). The molecular formula is C17H20N2OS2. The van der Waals surface area contributed by atoms with Gasteiger partial charge in [0.25, 0.3) is 0 Å². The standard InChI is InChI=1S/C17H20N2OS2/c1-3-5-6-7-12-10-18-17(19-11-12)15-8-13-14(21-15)9-16(22-13)20-4-2/h8-11H,3-7H2,1-2H3. The van der Waals surface area contributed by atoms with Crippen LogP contribution in [0, 0.1) is 0 Å². The SMILES string of the molecule is CCCCCc1cnc(-c2cc3sc(OCC)cc3s2)nc1. The van der Waals surface area contributed by atoms with Crippen LogP contribution in [-0.2, 0) is 6.42 Å². The van der Waals surface area contributed by atoms with Crippen LogP contribution in [0.25, 0.3) is 20.1 Å². The van der Waals surface area contributed by atoms with Gasteiger partial charge in [-0.2, -0.15) is 0 Å². The third kappa shape index (κ3) is 3.47. The van der Waals surface area contributed by atoms with E-state index in [1.807, 2.05) is 19.3 Å². The fraction of sp³-hybridized carbons (Fsp3) is 0.412. The van der Waals surface area contributed by atoms with Gasteiger partial charge in [0.15, 0.2) is 10.9 Å². The number of rotatable bonds is 7. The molecule has 0 atom stereocenters. The highest BCUT2D eigenvalue weighted by Crippen LogP contribution is 2.40. The molecule has 0 saturated carbocycles. The lowest BCUT2D eigenvalue weighted by molar-refractivity contribution is 0.350. The zero-order chi connectivity index (χ0) is 15.4. The van der Waals surface area contributed by atoms with Gasteiger partial charge in [0.2, 0.25) is 0 Å². The van der Waals surface area contributed by atoms with Crippen LogP contribution in [0.1, 0.15) is 38.7 Å². The summed E-state index contributed by atoms with van der Waals surface area (Å²) in [6, 6.07) is 4.27. The number of aromatic nitrogens is 2. The molecule has 22 heavy (non-hydrogen) atoms. The minimum Gasteiger partial charge on any atom is -0.484 e. The Bertz CT molecular complexity index is 699. The van der Waals surface area contributed by atoms with Gasteiger partial charge in [-0.15, -0.1) is 11.3 Å². The average Bonchev–Trinajstić information content (AvgIpc) is 3.07. The monoisotopic (exact) mass is 332 g/mol. The molecule has 0 unspecified atom stereocenters. The lowest BCUT2D eigenvalue weighted by Gasteiger charge is -2.01. The van der Waals surface area contributed by atoms with Crippen molar-refractivity contribution in [3.8, 4) is 15.8 Å². The van der Waals surface area contributed by atoms with E-state index in [-0.39, 0.29) is 0 Å². The van der Waals surface area contributed by atoms with Crippen molar-refractivity contribution in [1.82, 2.24) is 9.97 Å². The minimum absolute atomic E-state index is 0.712. The van der Waals surface area contributed by atoms with E-state index in [9.17, 15) is 0 Å². The van der Waals surface area contributed by atoms with E-state index >= 15 is 0 Å². The van der Waals surface area contributed by atoms with Crippen LogP contribution in [0.4, 0.5) is 0 Å². The Balaban J connectivity index is 1.74. The summed E-state index contributed by atoms with van der Waals surface area (Å²) in [6.45, 7) is 4.94. The molecule has 0 bridgehead atoms. The second-order valence-electron chi connectivity index (χ2n) is 5.21. The number of hydrogen-bond donors (Lipinski definition) is 0.